The molecule has 27 heavy (non-hydrogen) atoms. The van der Waals surface area contributed by atoms with Crippen LogP contribution in [0.15, 0.2) is 49.3 Å². The number of hydrogen-bond donors (Lipinski definition) is 3. The maximum Gasteiger partial charge on any atom is 0.416 e. The summed E-state index contributed by atoms with van der Waals surface area (Å²) >= 11 is 0. The van der Waals surface area contributed by atoms with Gasteiger partial charge in [0, 0.05) is 31.2 Å². The van der Waals surface area contributed by atoms with E-state index in [0.29, 0.717) is 29.6 Å². The van der Waals surface area contributed by atoms with Gasteiger partial charge < -0.3 is 20.9 Å². The van der Waals surface area contributed by atoms with Crippen LogP contribution < -0.4 is 16.4 Å². The first-order valence-electron chi connectivity index (χ1n) is 8.18. The molecule has 0 atom stereocenters. The second-order valence-electron chi connectivity index (χ2n) is 5.77. The van der Waals surface area contributed by atoms with E-state index in [4.69, 9.17) is 5.73 Å². The second kappa shape index (κ2) is 7.94. The van der Waals surface area contributed by atoms with Crippen LogP contribution in [0.5, 0.6) is 0 Å². The monoisotopic (exact) mass is 377 g/mol. The number of aromatic nitrogens is 4. The van der Waals surface area contributed by atoms with E-state index in [2.05, 4.69) is 25.6 Å². The molecule has 4 N–H and O–H groups in total. The molecule has 7 nitrogen and oxygen atoms in total. The van der Waals surface area contributed by atoms with Crippen LogP contribution in [0, 0.1) is 0 Å². The molecule has 0 aliphatic carbocycles. The first-order valence-corrected chi connectivity index (χ1v) is 8.18. The van der Waals surface area contributed by atoms with Gasteiger partial charge in [0.1, 0.15) is 12.0 Å². The summed E-state index contributed by atoms with van der Waals surface area (Å²) in [5.74, 6) is 0.784. The maximum atomic E-state index is 12.6. The highest BCUT2D eigenvalue weighted by Crippen LogP contribution is 2.31. The highest BCUT2D eigenvalue weighted by molar-refractivity contribution is 5.77. The number of imidazole rings is 1. The van der Waals surface area contributed by atoms with E-state index in [9.17, 15) is 13.2 Å². The topological polar surface area (TPSA) is 93.7 Å². The molecule has 0 fully saturated rings. The van der Waals surface area contributed by atoms with Gasteiger partial charge in [0.05, 0.1) is 11.9 Å². The first-order chi connectivity index (χ1) is 12.9. The molecule has 0 amide bonds. The Bertz CT molecular complexity index is 861. The predicted octanol–water partition coefficient (Wildman–Crippen LogP) is 3.52. The average Bonchev–Trinajstić information content (AvgIpc) is 3.15. The SMILES string of the molecule is Nc1c(NCCCn2ccnc2)ncnc1Nc1ccc(C(F)(F)F)cc1. The summed E-state index contributed by atoms with van der Waals surface area (Å²) in [6.07, 6.45) is 3.13. The fourth-order valence-corrected chi connectivity index (χ4v) is 2.40. The van der Waals surface area contributed by atoms with Crippen molar-refractivity contribution in [2.45, 2.75) is 19.1 Å². The molecule has 0 radical (unpaired) electrons. The Morgan fingerprint density at radius 1 is 1.07 bits per heavy atom. The van der Waals surface area contributed by atoms with Gasteiger partial charge in [-0.15, -0.1) is 0 Å². The minimum atomic E-state index is -4.37. The number of benzene rings is 1. The number of nitrogens with one attached hydrogen (secondary N) is 2. The summed E-state index contributed by atoms with van der Waals surface area (Å²) in [6, 6.07) is 4.63. The van der Waals surface area contributed by atoms with Gasteiger partial charge in [-0.05, 0) is 30.7 Å². The van der Waals surface area contributed by atoms with Crippen molar-refractivity contribution in [1.29, 1.82) is 0 Å². The highest BCUT2D eigenvalue weighted by atomic mass is 19.4. The molecule has 2 heterocycles. The van der Waals surface area contributed by atoms with E-state index in [1.165, 1.54) is 18.5 Å². The van der Waals surface area contributed by atoms with Crippen molar-refractivity contribution in [2.24, 2.45) is 0 Å². The van der Waals surface area contributed by atoms with Crippen molar-refractivity contribution < 1.29 is 13.2 Å². The molecule has 0 saturated heterocycles. The van der Waals surface area contributed by atoms with Crippen LogP contribution >= 0.6 is 0 Å². The lowest BCUT2D eigenvalue weighted by molar-refractivity contribution is -0.137. The number of alkyl halides is 3. The first kappa shape index (κ1) is 18.5. The number of rotatable bonds is 7. The molecule has 0 bridgehead atoms. The third-order valence-corrected chi connectivity index (χ3v) is 3.80. The largest absolute Gasteiger partial charge is 0.416 e. The Morgan fingerprint density at radius 2 is 1.81 bits per heavy atom. The number of nitrogens with zero attached hydrogens (tertiary/aromatic N) is 4. The number of nitrogens with two attached hydrogens (primary N) is 1. The predicted molar refractivity (Wildman–Crippen MR) is 96.5 cm³/mol. The van der Waals surface area contributed by atoms with Crippen molar-refractivity contribution in [3.8, 4) is 0 Å². The Kier molecular flexibility index (Phi) is 5.43. The van der Waals surface area contributed by atoms with Crippen LogP contribution in [0.25, 0.3) is 0 Å². The van der Waals surface area contributed by atoms with E-state index in [-0.39, 0.29) is 0 Å². The van der Waals surface area contributed by atoms with Crippen LogP contribution in [0.3, 0.4) is 0 Å². The van der Waals surface area contributed by atoms with Gasteiger partial charge in [-0.3, -0.25) is 0 Å². The summed E-state index contributed by atoms with van der Waals surface area (Å²) < 4.78 is 39.8. The molecule has 1 aromatic carbocycles. The molecule has 0 aliphatic rings. The standard InChI is InChI=1S/C17H18F3N7/c18-17(19,20)12-2-4-13(5-3-12)26-16-14(21)15(24-10-25-16)23-6-1-8-27-9-7-22-11-27/h2-5,7,9-11H,1,6,8,21H2,(H2,23,24,25,26). The smallest absolute Gasteiger partial charge is 0.393 e. The number of aryl methyl sites for hydroxylation is 1. The van der Waals surface area contributed by atoms with Crippen LogP contribution in [0.1, 0.15) is 12.0 Å². The van der Waals surface area contributed by atoms with Crippen molar-refractivity contribution in [3.63, 3.8) is 0 Å². The van der Waals surface area contributed by atoms with Crippen molar-refractivity contribution >= 4 is 23.0 Å². The summed E-state index contributed by atoms with van der Waals surface area (Å²) in [5, 5.41) is 6.04. The van der Waals surface area contributed by atoms with E-state index < -0.39 is 11.7 Å². The van der Waals surface area contributed by atoms with E-state index >= 15 is 0 Å². The zero-order chi connectivity index (χ0) is 19.3. The Labute approximate surface area is 153 Å². The molecule has 3 aromatic rings. The fourth-order valence-electron chi connectivity index (χ4n) is 2.40. The lowest BCUT2D eigenvalue weighted by atomic mass is 10.2. The molecule has 0 aliphatic heterocycles. The molecule has 0 spiro atoms. The third kappa shape index (κ3) is 4.87. The molecule has 0 unspecified atom stereocenters. The van der Waals surface area contributed by atoms with Crippen LogP contribution in [-0.4, -0.2) is 26.1 Å². The molecule has 2 aromatic heterocycles. The molecule has 0 saturated carbocycles. The fraction of sp³-hybridized carbons (Fsp3) is 0.235. The van der Waals surface area contributed by atoms with Gasteiger partial charge in [-0.1, -0.05) is 0 Å². The van der Waals surface area contributed by atoms with Crippen LogP contribution in [-0.2, 0) is 12.7 Å². The van der Waals surface area contributed by atoms with Gasteiger partial charge in [-0.25, -0.2) is 15.0 Å². The number of hydrogen-bond acceptors (Lipinski definition) is 6. The highest BCUT2D eigenvalue weighted by Gasteiger charge is 2.29. The molecule has 3 rings (SSSR count). The number of anilines is 4. The summed E-state index contributed by atoms with van der Waals surface area (Å²) in [6.45, 7) is 1.44. The molecular weight excluding hydrogens is 359 g/mol. The van der Waals surface area contributed by atoms with Crippen LogP contribution in [0.4, 0.5) is 36.2 Å². The Balaban J connectivity index is 1.60. The lowest BCUT2D eigenvalue weighted by Gasteiger charge is -2.13. The van der Waals surface area contributed by atoms with Crippen molar-refractivity contribution in [3.05, 3.63) is 54.9 Å². The zero-order valence-electron chi connectivity index (χ0n) is 14.2. The summed E-state index contributed by atoms with van der Waals surface area (Å²) in [4.78, 5) is 12.1. The van der Waals surface area contributed by atoms with E-state index in [1.54, 1.807) is 12.5 Å². The Hall–Kier alpha value is -3.30. The lowest BCUT2D eigenvalue weighted by Crippen LogP contribution is -2.11. The normalized spacial score (nSPS) is 11.4. The van der Waals surface area contributed by atoms with Crippen LogP contribution in [0.2, 0.25) is 0 Å². The van der Waals surface area contributed by atoms with Crippen molar-refractivity contribution in [2.75, 3.05) is 22.9 Å². The van der Waals surface area contributed by atoms with E-state index in [0.717, 1.165) is 25.1 Å². The van der Waals surface area contributed by atoms with Gasteiger partial charge in [0.2, 0.25) is 0 Å². The number of halogens is 3. The summed E-state index contributed by atoms with van der Waals surface area (Å²) in [7, 11) is 0. The maximum absolute atomic E-state index is 12.6. The molecule has 10 heteroatoms. The van der Waals surface area contributed by atoms with E-state index in [1.807, 2.05) is 10.8 Å². The number of nitrogen functional groups attached to an aromatic ring is 1. The quantitative estimate of drug-likeness (QED) is 0.546. The van der Waals surface area contributed by atoms with Gasteiger partial charge >= 0.3 is 6.18 Å². The molecule has 142 valence electrons. The minimum Gasteiger partial charge on any atom is -0.393 e. The zero-order valence-corrected chi connectivity index (χ0v) is 14.2. The van der Waals surface area contributed by atoms with Gasteiger partial charge in [0.25, 0.3) is 0 Å². The minimum absolute atomic E-state index is 0.292. The van der Waals surface area contributed by atoms with Gasteiger partial charge in [-0.2, -0.15) is 13.2 Å². The summed E-state index contributed by atoms with van der Waals surface area (Å²) in [5.41, 5.74) is 6.08. The second-order valence-corrected chi connectivity index (χ2v) is 5.77. The average molecular weight is 377 g/mol. The van der Waals surface area contributed by atoms with Crippen molar-refractivity contribution in [1.82, 2.24) is 19.5 Å². The third-order valence-electron chi connectivity index (χ3n) is 3.80. The van der Waals surface area contributed by atoms with Gasteiger partial charge in [0.15, 0.2) is 11.6 Å². The molecular formula is C17H18F3N7. The Morgan fingerprint density at radius 3 is 2.48 bits per heavy atom.